The Morgan fingerprint density at radius 3 is 2.72 bits per heavy atom. The van der Waals surface area contributed by atoms with Crippen LogP contribution in [0, 0.1) is 0 Å². The van der Waals surface area contributed by atoms with Crippen LogP contribution in [0.3, 0.4) is 0 Å². The molecule has 0 spiro atoms. The Morgan fingerprint density at radius 2 is 2.17 bits per heavy atom. The minimum atomic E-state index is -0.931. The Kier molecular flexibility index (Phi) is 4.36. The van der Waals surface area contributed by atoms with Crippen molar-refractivity contribution in [3.63, 3.8) is 0 Å². The molecule has 1 fully saturated rings. The van der Waals surface area contributed by atoms with E-state index < -0.39 is 11.9 Å². The number of rotatable bonds is 5. The van der Waals surface area contributed by atoms with E-state index in [1.165, 1.54) is 11.3 Å². The monoisotopic (exact) mass is 267 g/mol. The first-order chi connectivity index (χ1) is 8.66. The van der Waals surface area contributed by atoms with Gasteiger partial charge >= 0.3 is 5.97 Å². The highest BCUT2D eigenvalue weighted by atomic mass is 32.1. The minimum absolute atomic E-state index is 0.0341. The predicted molar refractivity (Wildman–Crippen MR) is 69.7 cm³/mol. The third-order valence-electron chi connectivity index (χ3n) is 3.29. The highest BCUT2D eigenvalue weighted by Crippen LogP contribution is 2.25. The lowest BCUT2D eigenvalue weighted by Crippen LogP contribution is -2.34. The van der Waals surface area contributed by atoms with E-state index in [1.54, 1.807) is 6.07 Å². The number of carbonyl (C=O) groups is 2. The number of nitrogens with one attached hydrogen (secondary N) is 1. The fourth-order valence-electron chi connectivity index (χ4n) is 2.34. The van der Waals surface area contributed by atoms with E-state index in [2.05, 4.69) is 5.32 Å². The van der Waals surface area contributed by atoms with E-state index in [0.717, 1.165) is 30.6 Å². The van der Waals surface area contributed by atoms with E-state index in [1.807, 2.05) is 11.4 Å². The molecule has 2 rings (SSSR count). The van der Waals surface area contributed by atoms with Crippen molar-refractivity contribution in [2.45, 2.75) is 44.1 Å². The van der Waals surface area contributed by atoms with Gasteiger partial charge in [0.2, 0.25) is 5.91 Å². The quantitative estimate of drug-likeness (QED) is 0.860. The van der Waals surface area contributed by atoms with Crippen molar-refractivity contribution in [1.82, 2.24) is 5.32 Å². The molecule has 1 heterocycles. The zero-order chi connectivity index (χ0) is 13.0. The smallest absolute Gasteiger partial charge is 0.312 e. The van der Waals surface area contributed by atoms with Crippen LogP contribution in [0.5, 0.6) is 0 Å². The largest absolute Gasteiger partial charge is 0.481 e. The number of hydrogen-bond donors (Lipinski definition) is 2. The first-order valence-corrected chi connectivity index (χ1v) is 7.10. The molecule has 1 atom stereocenters. The number of amides is 1. The number of carbonyl (C=O) groups excluding carboxylic acids is 1. The second kappa shape index (κ2) is 6.00. The van der Waals surface area contributed by atoms with Crippen LogP contribution >= 0.6 is 11.3 Å². The summed E-state index contributed by atoms with van der Waals surface area (Å²) in [6, 6.07) is 3.83. The zero-order valence-corrected chi connectivity index (χ0v) is 10.9. The molecule has 1 aromatic rings. The van der Waals surface area contributed by atoms with Gasteiger partial charge in [-0.2, -0.15) is 0 Å². The molecule has 0 aliphatic heterocycles. The van der Waals surface area contributed by atoms with Crippen LogP contribution in [0.4, 0.5) is 0 Å². The van der Waals surface area contributed by atoms with Gasteiger partial charge in [0.1, 0.15) is 0 Å². The average Bonchev–Trinajstić information content (AvgIpc) is 2.97. The average molecular weight is 267 g/mol. The van der Waals surface area contributed by atoms with Crippen LogP contribution in [0.15, 0.2) is 17.5 Å². The van der Waals surface area contributed by atoms with E-state index in [9.17, 15) is 14.7 Å². The normalized spacial score (nSPS) is 17.6. The van der Waals surface area contributed by atoms with E-state index in [4.69, 9.17) is 0 Å². The molecule has 5 heteroatoms. The highest BCUT2D eigenvalue weighted by Gasteiger charge is 2.25. The molecule has 1 amide bonds. The second-order valence-corrected chi connectivity index (χ2v) is 5.64. The zero-order valence-electron chi connectivity index (χ0n) is 10.1. The molecule has 1 unspecified atom stereocenters. The first kappa shape index (κ1) is 13.1. The maximum absolute atomic E-state index is 11.8. The number of carboxylic acids is 1. The van der Waals surface area contributed by atoms with Gasteiger partial charge in [-0.15, -0.1) is 11.3 Å². The van der Waals surface area contributed by atoms with Crippen molar-refractivity contribution >= 4 is 23.2 Å². The number of hydrogen-bond acceptors (Lipinski definition) is 3. The van der Waals surface area contributed by atoms with E-state index in [-0.39, 0.29) is 18.4 Å². The van der Waals surface area contributed by atoms with Gasteiger partial charge in [-0.1, -0.05) is 18.9 Å². The standard InChI is InChI=1S/C13H17NO3S/c15-12(14-9-4-1-2-5-9)8-10(13(16)17)11-6-3-7-18-11/h3,6-7,9-10H,1-2,4-5,8H2,(H,14,15)(H,16,17). The minimum Gasteiger partial charge on any atom is -0.481 e. The predicted octanol–water partition coefficient (Wildman–Crippen LogP) is 2.37. The second-order valence-electron chi connectivity index (χ2n) is 4.66. The molecule has 0 bridgehead atoms. The Hall–Kier alpha value is -1.36. The molecule has 1 aromatic heterocycles. The first-order valence-electron chi connectivity index (χ1n) is 6.22. The molecule has 0 saturated heterocycles. The fourth-order valence-corrected chi connectivity index (χ4v) is 3.16. The van der Waals surface area contributed by atoms with Crippen LogP contribution < -0.4 is 5.32 Å². The molecule has 1 aliphatic rings. The Morgan fingerprint density at radius 1 is 1.44 bits per heavy atom. The van der Waals surface area contributed by atoms with Crippen LogP contribution in [-0.4, -0.2) is 23.0 Å². The Balaban J connectivity index is 1.92. The summed E-state index contributed by atoms with van der Waals surface area (Å²) in [5, 5.41) is 13.9. The molecule has 98 valence electrons. The molecular formula is C13H17NO3S. The van der Waals surface area contributed by atoms with Gasteiger partial charge in [0.25, 0.3) is 0 Å². The lowest BCUT2D eigenvalue weighted by molar-refractivity contribution is -0.140. The van der Waals surface area contributed by atoms with Gasteiger partial charge in [0.05, 0.1) is 5.92 Å². The summed E-state index contributed by atoms with van der Waals surface area (Å²) >= 11 is 1.38. The van der Waals surface area contributed by atoms with Crippen molar-refractivity contribution < 1.29 is 14.7 Å². The Labute approximate surface area is 110 Å². The van der Waals surface area contributed by atoms with Gasteiger partial charge in [-0.25, -0.2) is 0 Å². The maximum Gasteiger partial charge on any atom is 0.312 e. The van der Waals surface area contributed by atoms with E-state index in [0.29, 0.717) is 0 Å². The summed E-state index contributed by atoms with van der Waals surface area (Å²) in [4.78, 5) is 23.8. The van der Waals surface area contributed by atoms with Crippen LogP contribution in [0.2, 0.25) is 0 Å². The molecule has 4 nitrogen and oxygen atoms in total. The van der Waals surface area contributed by atoms with Gasteiger partial charge in [0, 0.05) is 17.3 Å². The molecule has 18 heavy (non-hydrogen) atoms. The number of carboxylic acid groups (broad SMARTS) is 1. The van der Waals surface area contributed by atoms with Crippen LogP contribution in [-0.2, 0) is 9.59 Å². The SMILES string of the molecule is O=C(CC(C(=O)O)c1cccs1)NC1CCCC1. The summed E-state index contributed by atoms with van der Waals surface area (Å²) < 4.78 is 0. The summed E-state index contributed by atoms with van der Waals surface area (Å²) in [5.41, 5.74) is 0. The molecule has 0 radical (unpaired) electrons. The van der Waals surface area contributed by atoms with Crippen molar-refractivity contribution in [3.05, 3.63) is 22.4 Å². The molecule has 0 aromatic carbocycles. The van der Waals surface area contributed by atoms with Gasteiger partial charge in [0.15, 0.2) is 0 Å². The molecule has 1 aliphatic carbocycles. The molecular weight excluding hydrogens is 250 g/mol. The van der Waals surface area contributed by atoms with Crippen LogP contribution in [0.25, 0.3) is 0 Å². The summed E-state index contributed by atoms with van der Waals surface area (Å²) in [5.74, 6) is -1.80. The van der Waals surface area contributed by atoms with Gasteiger partial charge < -0.3 is 10.4 Å². The topological polar surface area (TPSA) is 66.4 Å². The van der Waals surface area contributed by atoms with Gasteiger partial charge in [-0.3, -0.25) is 9.59 Å². The highest BCUT2D eigenvalue weighted by molar-refractivity contribution is 7.10. The third kappa shape index (κ3) is 3.32. The third-order valence-corrected chi connectivity index (χ3v) is 4.28. The van der Waals surface area contributed by atoms with E-state index >= 15 is 0 Å². The van der Waals surface area contributed by atoms with Crippen molar-refractivity contribution in [1.29, 1.82) is 0 Å². The number of thiophene rings is 1. The van der Waals surface area contributed by atoms with Crippen molar-refractivity contribution in [2.75, 3.05) is 0 Å². The lowest BCUT2D eigenvalue weighted by atomic mass is 10.0. The van der Waals surface area contributed by atoms with Gasteiger partial charge in [-0.05, 0) is 24.3 Å². The van der Waals surface area contributed by atoms with Crippen LogP contribution in [0.1, 0.15) is 42.9 Å². The van der Waals surface area contributed by atoms with Crippen molar-refractivity contribution in [3.8, 4) is 0 Å². The van der Waals surface area contributed by atoms with Crippen molar-refractivity contribution in [2.24, 2.45) is 0 Å². The number of aliphatic carboxylic acids is 1. The Bertz CT molecular complexity index is 410. The summed E-state index contributed by atoms with van der Waals surface area (Å²) in [6.45, 7) is 0. The summed E-state index contributed by atoms with van der Waals surface area (Å²) in [7, 11) is 0. The summed E-state index contributed by atoms with van der Waals surface area (Å²) in [6.07, 6.45) is 4.37. The lowest BCUT2D eigenvalue weighted by Gasteiger charge is -2.14. The molecule has 2 N–H and O–H groups in total. The maximum atomic E-state index is 11.8. The fraction of sp³-hybridized carbons (Fsp3) is 0.538. The molecule has 1 saturated carbocycles.